The Kier molecular flexibility index (Phi) is 5.79. The highest BCUT2D eigenvalue weighted by atomic mass is 32.2. The van der Waals surface area contributed by atoms with Crippen LogP contribution < -0.4 is 9.62 Å². The first-order valence-corrected chi connectivity index (χ1v) is 10.0. The summed E-state index contributed by atoms with van der Waals surface area (Å²) in [7, 11) is -2.57. The minimum atomic E-state index is -3.96. The Balaban J connectivity index is 1.89. The van der Waals surface area contributed by atoms with Gasteiger partial charge in [-0.2, -0.15) is 0 Å². The van der Waals surface area contributed by atoms with Crippen LogP contribution in [-0.2, 0) is 10.0 Å². The number of nitrogens with one attached hydrogen (secondary N) is 1. The van der Waals surface area contributed by atoms with Crippen molar-refractivity contribution in [2.75, 3.05) is 16.7 Å². The van der Waals surface area contributed by atoms with Gasteiger partial charge in [0.1, 0.15) is 5.82 Å². The average molecular weight is 429 g/mol. The van der Waals surface area contributed by atoms with Crippen LogP contribution in [0.3, 0.4) is 0 Å². The van der Waals surface area contributed by atoms with E-state index < -0.39 is 32.4 Å². The maximum atomic E-state index is 13.9. The van der Waals surface area contributed by atoms with E-state index in [0.29, 0.717) is 5.69 Å². The maximum Gasteiger partial charge on any atom is 0.271 e. The van der Waals surface area contributed by atoms with Crippen molar-refractivity contribution in [3.05, 3.63) is 94.3 Å². The third-order valence-electron chi connectivity index (χ3n) is 4.28. The molecule has 8 nitrogen and oxygen atoms in total. The number of non-ortho nitro benzene ring substituents is 1. The van der Waals surface area contributed by atoms with Crippen molar-refractivity contribution < 1.29 is 22.5 Å². The SMILES string of the molecule is CN(c1ccccc1)S(=O)(=O)c1cccc(C(=O)Nc2cc([N+](=O)[O-])ccc2F)c1. The zero-order valence-electron chi connectivity index (χ0n) is 15.7. The van der Waals surface area contributed by atoms with Crippen LogP contribution in [0.15, 0.2) is 77.7 Å². The highest BCUT2D eigenvalue weighted by molar-refractivity contribution is 7.92. The summed E-state index contributed by atoms with van der Waals surface area (Å²) in [4.78, 5) is 22.5. The van der Waals surface area contributed by atoms with Crippen molar-refractivity contribution in [2.24, 2.45) is 0 Å². The fourth-order valence-corrected chi connectivity index (χ4v) is 3.89. The summed E-state index contributed by atoms with van der Waals surface area (Å²) in [5, 5.41) is 13.1. The Morgan fingerprint density at radius 1 is 1.03 bits per heavy atom. The molecule has 30 heavy (non-hydrogen) atoms. The van der Waals surface area contributed by atoms with Crippen LogP contribution in [0.5, 0.6) is 0 Å². The molecule has 0 saturated heterocycles. The molecule has 0 atom stereocenters. The summed E-state index contributed by atoms with van der Waals surface area (Å²) >= 11 is 0. The van der Waals surface area contributed by atoms with Gasteiger partial charge in [-0.05, 0) is 36.4 Å². The van der Waals surface area contributed by atoms with E-state index in [1.165, 1.54) is 25.2 Å². The monoisotopic (exact) mass is 429 g/mol. The standard InChI is InChI=1S/C20H16FN3O5S/c1-23(15-7-3-2-4-8-15)30(28,29)17-9-5-6-14(12-17)20(25)22-19-13-16(24(26)27)10-11-18(19)21/h2-13H,1H3,(H,22,25). The second-order valence-corrected chi connectivity index (χ2v) is 8.18. The van der Waals surface area contributed by atoms with E-state index in [2.05, 4.69) is 5.32 Å². The van der Waals surface area contributed by atoms with E-state index in [9.17, 15) is 27.7 Å². The predicted octanol–water partition coefficient (Wildman–Crippen LogP) is 3.81. The second kappa shape index (κ2) is 8.29. The molecule has 0 unspecified atom stereocenters. The summed E-state index contributed by atoms with van der Waals surface area (Å²) in [6, 6.07) is 16.3. The number of carbonyl (C=O) groups excluding carboxylic acids is 1. The van der Waals surface area contributed by atoms with Gasteiger partial charge in [-0.3, -0.25) is 19.2 Å². The molecule has 3 aromatic rings. The fraction of sp³-hybridized carbons (Fsp3) is 0.0500. The number of hydrogen-bond donors (Lipinski definition) is 1. The molecular formula is C20H16FN3O5S. The number of anilines is 2. The Morgan fingerprint density at radius 2 is 1.73 bits per heavy atom. The van der Waals surface area contributed by atoms with Gasteiger partial charge in [0.05, 0.1) is 21.2 Å². The van der Waals surface area contributed by atoms with Crippen LogP contribution in [0.2, 0.25) is 0 Å². The van der Waals surface area contributed by atoms with Crippen LogP contribution in [-0.4, -0.2) is 26.3 Å². The summed E-state index contributed by atoms with van der Waals surface area (Å²) in [5.41, 5.74) is -0.397. The molecule has 0 aliphatic heterocycles. The predicted molar refractivity (Wildman–Crippen MR) is 109 cm³/mol. The largest absolute Gasteiger partial charge is 0.319 e. The molecule has 0 bridgehead atoms. The first kappa shape index (κ1) is 20.9. The lowest BCUT2D eigenvalue weighted by Gasteiger charge is -2.19. The van der Waals surface area contributed by atoms with Gasteiger partial charge < -0.3 is 5.32 Å². The first-order chi connectivity index (χ1) is 14.2. The number of nitro groups is 1. The molecule has 0 saturated carbocycles. The zero-order chi connectivity index (χ0) is 21.9. The van der Waals surface area contributed by atoms with Gasteiger partial charge in [-0.15, -0.1) is 0 Å². The van der Waals surface area contributed by atoms with E-state index in [1.807, 2.05) is 0 Å². The van der Waals surface area contributed by atoms with Crippen LogP contribution in [0.25, 0.3) is 0 Å². The van der Waals surface area contributed by atoms with E-state index in [0.717, 1.165) is 28.6 Å². The number of halogens is 1. The smallest absolute Gasteiger partial charge is 0.271 e. The topological polar surface area (TPSA) is 110 Å². The lowest BCUT2D eigenvalue weighted by atomic mass is 10.2. The van der Waals surface area contributed by atoms with Crippen molar-refractivity contribution in [1.29, 1.82) is 0 Å². The van der Waals surface area contributed by atoms with Gasteiger partial charge in [-0.25, -0.2) is 12.8 Å². The van der Waals surface area contributed by atoms with E-state index in [4.69, 9.17) is 0 Å². The minimum absolute atomic E-state index is 0.0524. The number of carbonyl (C=O) groups is 1. The van der Waals surface area contributed by atoms with Crippen LogP contribution in [0.1, 0.15) is 10.4 Å². The van der Waals surface area contributed by atoms with E-state index in [1.54, 1.807) is 30.3 Å². The van der Waals surface area contributed by atoms with Gasteiger partial charge in [0, 0.05) is 24.7 Å². The molecule has 0 aliphatic rings. The van der Waals surface area contributed by atoms with Gasteiger partial charge in [0.2, 0.25) is 0 Å². The highest BCUT2D eigenvalue weighted by Gasteiger charge is 2.23. The summed E-state index contributed by atoms with van der Waals surface area (Å²) in [6.07, 6.45) is 0. The van der Waals surface area contributed by atoms with E-state index in [-0.39, 0.29) is 16.1 Å². The first-order valence-electron chi connectivity index (χ1n) is 8.59. The minimum Gasteiger partial charge on any atom is -0.319 e. The number of nitro benzene ring substituents is 1. The molecular weight excluding hydrogens is 413 g/mol. The molecule has 154 valence electrons. The van der Waals surface area contributed by atoms with Gasteiger partial charge in [-0.1, -0.05) is 24.3 Å². The number of sulfonamides is 1. The van der Waals surface area contributed by atoms with Gasteiger partial charge in [0.15, 0.2) is 0 Å². The third-order valence-corrected chi connectivity index (χ3v) is 6.06. The lowest BCUT2D eigenvalue weighted by molar-refractivity contribution is -0.384. The number of para-hydroxylation sites is 1. The normalized spacial score (nSPS) is 11.0. The summed E-state index contributed by atoms with van der Waals surface area (Å²) < 4.78 is 40.8. The molecule has 0 aliphatic carbocycles. The van der Waals surface area contributed by atoms with Crippen LogP contribution in [0, 0.1) is 15.9 Å². The van der Waals surface area contributed by atoms with Crippen molar-refractivity contribution in [1.82, 2.24) is 0 Å². The van der Waals surface area contributed by atoms with Crippen LogP contribution in [0.4, 0.5) is 21.5 Å². The molecule has 3 rings (SSSR count). The Morgan fingerprint density at radius 3 is 2.40 bits per heavy atom. The third kappa shape index (κ3) is 4.28. The van der Waals surface area contributed by atoms with Gasteiger partial charge in [0.25, 0.3) is 21.6 Å². The van der Waals surface area contributed by atoms with Crippen molar-refractivity contribution in [3.8, 4) is 0 Å². The fourth-order valence-electron chi connectivity index (χ4n) is 2.65. The molecule has 0 spiro atoms. The zero-order valence-corrected chi connectivity index (χ0v) is 16.5. The molecule has 0 aromatic heterocycles. The number of amides is 1. The van der Waals surface area contributed by atoms with E-state index >= 15 is 0 Å². The average Bonchev–Trinajstić information content (AvgIpc) is 2.75. The van der Waals surface area contributed by atoms with Crippen molar-refractivity contribution in [2.45, 2.75) is 4.90 Å². The van der Waals surface area contributed by atoms with Crippen molar-refractivity contribution >= 4 is 33.0 Å². The molecule has 3 aromatic carbocycles. The second-order valence-electron chi connectivity index (χ2n) is 6.21. The molecule has 0 fully saturated rings. The van der Waals surface area contributed by atoms with Crippen LogP contribution >= 0.6 is 0 Å². The summed E-state index contributed by atoms with van der Waals surface area (Å²) in [6.45, 7) is 0. The number of rotatable bonds is 6. The Labute approximate surface area is 171 Å². The number of nitrogens with zero attached hydrogens (tertiary/aromatic N) is 2. The highest BCUT2D eigenvalue weighted by Crippen LogP contribution is 2.24. The molecule has 10 heteroatoms. The Bertz CT molecular complexity index is 1220. The lowest BCUT2D eigenvalue weighted by Crippen LogP contribution is -2.26. The van der Waals surface area contributed by atoms with Crippen molar-refractivity contribution in [3.63, 3.8) is 0 Å². The van der Waals surface area contributed by atoms with Gasteiger partial charge >= 0.3 is 0 Å². The Hall–Kier alpha value is -3.79. The molecule has 0 radical (unpaired) electrons. The maximum absolute atomic E-state index is 13.9. The summed E-state index contributed by atoms with van der Waals surface area (Å²) in [5.74, 6) is -1.67. The molecule has 1 amide bonds. The number of benzene rings is 3. The quantitative estimate of drug-likeness (QED) is 0.473. The molecule has 0 heterocycles. The number of hydrogen-bond acceptors (Lipinski definition) is 5. The molecule has 1 N–H and O–H groups in total.